The van der Waals surface area contributed by atoms with Crippen molar-refractivity contribution in [1.82, 2.24) is 15.3 Å². The third-order valence-corrected chi connectivity index (χ3v) is 3.70. The van der Waals surface area contributed by atoms with Crippen molar-refractivity contribution in [3.8, 4) is 17.1 Å². The van der Waals surface area contributed by atoms with Gasteiger partial charge in [-0.1, -0.05) is 42.5 Å². The van der Waals surface area contributed by atoms with Crippen LogP contribution in [0.4, 0.5) is 0 Å². The van der Waals surface area contributed by atoms with Gasteiger partial charge in [-0.2, -0.15) is 0 Å². The highest BCUT2D eigenvalue weighted by molar-refractivity contribution is 5.93. The minimum absolute atomic E-state index is 0.0202. The minimum Gasteiger partial charge on any atom is -0.497 e. The molecule has 126 valence electrons. The highest BCUT2D eigenvalue weighted by Crippen LogP contribution is 2.12. The molecule has 25 heavy (non-hydrogen) atoms. The van der Waals surface area contributed by atoms with Crippen LogP contribution in [0, 0.1) is 0 Å². The van der Waals surface area contributed by atoms with E-state index in [1.54, 1.807) is 7.11 Å². The summed E-state index contributed by atoms with van der Waals surface area (Å²) in [5.41, 5.74) is 1.19. The normalized spacial score (nSPS) is 10.3. The molecule has 1 heterocycles. The van der Waals surface area contributed by atoms with Gasteiger partial charge in [0.2, 0.25) is 0 Å². The zero-order valence-corrected chi connectivity index (χ0v) is 13.7. The number of amides is 1. The smallest absolute Gasteiger partial charge is 0.264 e. The first kappa shape index (κ1) is 16.4. The van der Waals surface area contributed by atoms with Gasteiger partial charge in [0, 0.05) is 18.3 Å². The van der Waals surface area contributed by atoms with Crippen molar-refractivity contribution in [2.75, 3.05) is 7.11 Å². The van der Waals surface area contributed by atoms with Crippen molar-refractivity contribution in [2.45, 2.75) is 6.54 Å². The Balaban J connectivity index is 1.70. The van der Waals surface area contributed by atoms with Crippen LogP contribution >= 0.6 is 0 Å². The number of hydrogen-bond acceptors (Lipinski definition) is 4. The fraction of sp³-hybridized carbons (Fsp3) is 0.105. The van der Waals surface area contributed by atoms with E-state index in [-0.39, 0.29) is 5.56 Å². The third-order valence-electron chi connectivity index (χ3n) is 3.70. The molecule has 0 aliphatic carbocycles. The lowest BCUT2D eigenvalue weighted by Crippen LogP contribution is -2.29. The number of aromatic nitrogens is 2. The third kappa shape index (κ3) is 3.92. The van der Waals surface area contributed by atoms with Crippen molar-refractivity contribution < 1.29 is 9.53 Å². The Bertz CT molecular complexity index is 919. The van der Waals surface area contributed by atoms with Gasteiger partial charge in [-0.05, 0) is 17.7 Å². The molecule has 1 amide bonds. The number of carbonyl (C=O) groups excluding carboxylic acids is 1. The highest BCUT2D eigenvalue weighted by atomic mass is 16.5. The molecule has 0 radical (unpaired) electrons. The Morgan fingerprint density at radius 1 is 1.12 bits per heavy atom. The predicted octanol–water partition coefficient (Wildman–Crippen LogP) is 2.38. The van der Waals surface area contributed by atoms with Crippen LogP contribution < -0.4 is 15.6 Å². The summed E-state index contributed by atoms with van der Waals surface area (Å²) in [7, 11) is 1.59. The zero-order chi connectivity index (χ0) is 17.6. The second-order valence-corrected chi connectivity index (χ2v) is 5.37. The fourth-order valence-electron chi connectivity index (χ4n) is 2.32. The average Bonchev–Trinajstić information content (AvgIpc) is 2.67. The Morgan fingerprint density at radius 2 is 1.84 bits per heavy atom. The lowest BCUT2D eigenvalue weighted by molar-refractivity contribution is 0.0949. The van der Waals surface area contributed by atoms with Gasteiger partial charge in [0.05, 0.1) is 7.11 Å². The van der Waals surface area contributed by atoms with Crippen molar-refractivity contribution in [1.29, 1.82) is 0 Å². The summed E-state index contributed by atoms with van der Waals surface area (Å²) < 4.78 is 5.09. The van der Waals surface area contributed by atoms with Crippen LogP contribution in [-0.4, -0.2) is 23.0 Å². The van der Waals surface area contributed by atoms with E-state index in [4.69, 9.17) is 4.74 Å². The summed E-state index contributed by atoms with van der Waals surface area (Å²) in [5.74, 6) is 0.703. The number of methoxy groups -OCH3 is 1. The van der Waals surface area contributed by atoms with Crippen LogP contribution in [0.1, 0.15) is 15.9 Å². The zero-order valence-electron chi connectivity index (χ0n) is 13.7. The number of nitrogens with zero attached hydrogens (tertiary/aromatic N) is 1. The van der Waals surface area contributed by atoms with Gasteiger partial charge in [-0.15, -0.1) is 0 Å². The number of aromatic amines is 1. The van der Waals surface area contributed by atoms with Gasteiger partial charge in [0.1, 0.15) is 17.1 Å². The van der Waals surface area contributed by atoms with Crippen LogP contribution in [0.3, 0.4) is 0 Å². The first-order chi connectivity index (χ1) is 12.2. The molecule has 0 spiro atoms. The summed E-state index contributed by atoms with van der Waals surface area (Å²) >= 11 is 0. The molecule has 1 aromatic heterocycles. The van der Waals surface area contributed by atoms with E-state index >= 15 is 0 Å². The number of ether oxygens (including phenoxy) is 1. The maximum absolute atomic E-state index is 12.2. The topological polar surface area (TPSA) is 84.1 Å². The van der Waals surface area contributed by atoms with Gasteiger partial charge in [0.15, 0.2) is 0 Å². The quantitative estimate of drug-likeness (QED) is 0.750. The van der Waals surface area contributed by atoms with Crippen LogP contribution in [0.15, 0.2) is 65.6 Å². The second-order valence-electron chi connectivity index (χ2n) is 5.37. The molecule has 0 fully saturated rings. The van der Waals surface area contributed by atoms with E-state index in [1.807, 2.05) is 54.6 Å². The molecule has 0 atom stereocenters. The molecular weight excluding hydrogens is 318 g/mol. The second kappa shape index (κ2) is 7.44. The van der Waals surface area contributed by atoms with Gasteiger partial charge in [0.25, 0.3) is 11.5 Å². The first-order valence-corrected chi connectivity index (χ1v) is 7.73. The summed E-state index contributed by atoms with van der Waals surface area (Å²) in [6.07, 6.45) is 1.30. The molecule has 3 aromatic rings. The molecule has 0 aliphatic rings. The Kier molecular flexibility index (Phi) is 4.89. The van der Waals surface area contributed by atoms with Crippen molar-refractivity contribution in [3.05, 3.63) is 82.3 Å². The van der Waals surface area contributed by atoms with Crippen LogP contribution in [-0.2, 0) is 6.54 Å². The van der Waals surface area contributed by atoms with Crippen LogP contribution in [0.5, 0.6) is 5.75 Å². The van der Waals surface area contributed by atoms with Crippen molar-refractivity contribution in [3.63, 3.8) is 0 Å². The first-order valence-electron chi connectivity index (χ1n) is 7.73. The van der Waals surface area contributed by atoms with Gasteiger partial charge in [-0.3, -0.25) is 9.59 Å². The average molecular weight is 335 g/mol. The number of H-pyrrole nitrogens is 1. The summed E-state index contributed by atoms with van der Waals surface area (Å²) in [6, 6.07) is 16.6. The van der Waals surface area contributed by atoms with Gasteiger partial charge >= 0.3 is 0 Å². The molecular formula is C19H17N3O3. The molecule has 0 unspecified atom stereocenters. The lowest BCUT2D eigenvalue weighted by atomic mass is 10.2. The van der Waals surface area contributed by atoms with E-state index in [9.17, 15) is 9.59 Å². The maximum atomic E-state index is 12.2. The number of nitrogens with one attached hydrogen (secondary N) is 2. The Morgan fingerprint density at radius 3 is 2.48 bits per heavy atom. The molecule has 6 heteroatoms. The standard InChI is InChI=1S/C19H17N3O3/c1-25-15-9-7-13(8-10-15)11-21-18(23)16-12-20-17(22-19(16)24)14-5-3-2-4-6-14/h2-10,12H,11H2,1H3,(H,21,23)(H,20,22,24). The minimum atomic E-state index is -0.471. The molecule has 3 rings (SSSR count). The summed E-state index contributed by atoms with van der Waals surface area (Å²) in [6.45, 7) is 0.308. The molecule has 0 bridgehead atoms. The van der Waals surface area contributed by atoms with Crippen molar-refractivity contribution >= 4 is 5.91 Å². The number of rotatable bonds is 5. The van der Waals surface area contributed by atoms with Crippen LogP contribution in [0.2, 0.25) is 0 Å². The number of benzene rings is 2. The molecule has 6 nitrogen and oxygen atoms in total. The molecule has 2 aromatic carbocycles. The highest BCUT2D eigenvalue weighted by Gasteiger charge is 2.12. The largest absolute Gasteiger partial charge is 0.497 e. The monoisotopic (exact) mass is 335 g/mol. The molecule has 0 saturated heterocycles. The van der Waals surface area contributed by atoms with E-state index in [0.29, 0.717) is 12.4 Å². The van der Waals surface area contributed by atoms with Crippen LogP contribution in [0.25, 0.3) is 11.4 Å². The number of carbonyl (C=O) groups is 1. The summed E-state index contributed by atoms with van der Waals surface area (Å²) in [4.78, 5) is 31.2. The predicted molar refractivity (Wildman–Crippen MR) is 94.5 cm³/mol. The SMILES string of the molecule is COc1ccc(CNC(=O)c2cnc(-c3ccccc3)[nH]c2=O)cc1. The Labute approximate surface area is 144 Å². The van der Waals surface area contributed by atoms with Gasteiger partial charge in [-0.25, -0.2) is 4.98 Å². The van der Waals surface area contributed by atoms with E-state index < -0.39 is 11.5 Å². The lowest BCUT2D eigenvalue weighted by Gasteiger charge is -2.07. The number of hydrogen-bond donors (Lipinski definition) is 2. The van der Waals surface area contributed by atoms with E-state index in [1.165, 1.54) is 6.20 Å². The Hall–Kier alpha value is -3.41. The van der Waals surface area contributed by atoms with Gasteiger partial charge < -0.3 is 15.0 Å². The van der Waals surface area contributed by atoms with Crippen molar-refractivity contribution in [2.24, 2.45) is 0 Å². The fourth-order valence-corrected chi connectivity index (χ4v) is 2.32. The molecule has 0 aliphatic heterocycles. The maximum Gasteiger partial charge on any atom is 0.264 e. The van der Waals surface area contributed by atoms with E-state index in [0.717, 1.165) is 16.9 Å². The molecule has 0 saturated carbocycles. The molecule has 2 N–H and O–H groups in total. The summed E-state index contributed by atoms with van der Waals surface area (Å²) in [5, 5.41) is 2.71. The van der Waals surface area contributed by atoms with E-state index in [2.05, 4.69) is 15.3 Å².